The Labute approximate surface area is 220 Å². The van der Waals surface area contributed by atoms with Gasteiger partial charge >= 0.3 is 6.03 Å². The van der Waals surface area contributed by atoms with E-state index in [4.69, 9.17) is 11.6 Å². The van der Waals surface area contributed by atoms with Crippen molar-refractivity contribution in [2.75, 3.05) is 56.0 Å². The lowest BCUT2D eigenvalue weighted by Gasteiger charge is -2.27. The van der Waals surface area contributed by atoms with Crippen LogP contribution in [0.15, 0.2) is 48.7 Å². The standard InChI is InChI=1S/C29H38ClN5O/c1-22(2)9-14-33-17-12-29(20-33)13-18-35(21-29)26-6-4-25(5-7-26)32-28(36)34-15-10-23(11-16-34)27-8-3-24(30)19-31-27/h3-8,10,19,22H,9,11-18,20-21H2,1-2H3,(H,32,36). The Balaban J connectivity index is 1.12. The Bertz CT molecular complexity index is 1080. The Morgan fingerprint density at radius 1 is 1.08 bits per heavy atom. The van der Waals surface area contributed by atoms with Gasteiger partial charge in [0.1, 0.15) is 0 Å². The number of carbonyl (C=O) groups excluding carboxylic acids is 1. The van der Waals surface area contributed by atoms with Crippen molar-refractivity contribution >= 4 is 34.6 Å². The number of hydrogen-bond acceptors (Lipinski definition) is 4. The van der Waals surface area contributed by atoms with E-state index in [0.717, 1.165) is 42.4 Å². The van der Waals surface area contributed by atoms with Gasteiger partial charge in [-0.1, -0.05) is 31.5 Å². The van der Waals surface area contributed by atoms with Crippen molar-refractivity contribution in [1.29, 1.82) is 0 Å². The predicted molar refractivity (Wildman–Crippen MR) is 149 cm³/mol. The molecule has 1 unspecified atom stereocenters. The van der Waals surface area contributed by atoms with Crippen molar-refractivity contribution < 1.29 is 4.79 Å². The first-order chi connectivity index (χ1) is 17.4. The highest BCUT2D eigenvalue weighted by Crippen LogP contribution is 2.41. The molecule has 0 saturated carbocycles. The number of benzene rings is 1. The quantitative estimate of drug-likeness (QED) is 0.520. The molecule has 36 heavy (non-hydrogen) atoms. The maximum atomic E-state index is 12.8. The fourth-order valence-corrected chi connectivity index (χ4v) is 5.87. The van der Waals surface area contributed by atoms with Crippen molar-refractivity contribution in [3.63, 3.8) is 0 Å². The lowest BCUT2D eigenvalue weighted by molar-refractivity contribution is 0.217. The summed E-state index contributed by atoms with van der Waals surface area (Å²) in [5.41, 5.74) is 4.64. The van der Waals surface area contributed by atoms with Crippen LogP contribution in [0.5, 0.6) is 0 Å². The molecule has 1 aromatic carbocycles. The molecule has 2 saturated heterocycles. The first-order valence-electron chi connectivity index (χ1n) is 13.3. The molecular weight excluding hydrogens is 470 g/mol. The number of anilines is 2. The number of halogens is 1. The van der Waals surface area contributed by atoms with E-state index in [1.54, 1.807) is 6.20 Å². The third kappa shape index (κ3) is 5.87. The Kier molecular flexibility index (Phi) is 7.54. The molecule has 3 aliphatic rings. The molecule has 2 fully saturated rings. The van der Waals surface area contributed by atoms with Gasteiger partial charge in [0.15, 0.2) is 0 Å². The van der Waals surface area contributed by atoms with Crippen molar-refractivity contribution in [2.24, 2.45) is 11.3 Å². The van der Waals surface area contributed by atoms with Gasteiger partial charge in [-0.3, -0.25) is 4.98 Å². The highest BCUT2D eigenvalue weighted by molar-refractivity contribution is 6.30. The van der Waals surface area contributed by atoms with Crippen LogP contribution in [0.4, 0.5) is 16.2 Å². The van der Waals surface area contributed by atoms with Crippen LogP contribution in [0.25, 0.3) is 5.57 Å². The fraction of sp³-hybridized carbons (Fsp3) is 0.517. The zero-order chi connectivity index (χ0) is 25.1. The summed E-state index contributed by atoms with van der Waals surface area (Å²) in [4.78, 5) is 24.3. The Morgan fingerprint density at radius 2 is 1.89 bits per heavy atom. The third-order valence-corrected chi connectivity index (χ3v) is 8.24. The van der Waals surface area contributed by atoms with Crippen LogP contribution in [0, 0.1) is 11.3 Å². The van der Waals surface area contributed by atoms with E-state index in [1.807, 2.05) is 29.2 Å². The number of urea groups is 1. The lowest BCUT2D eigenvalue weighted by atomic mass is 9.86. The third-order valence-electron chi connectivity index (χ3n) is 8.01. The summed E-state index contributed by atoms with van der Waals surface area (Å²) < 4.78 is 0. The number of amides is 2. The fourth-order valence-electron chi connectivity index (χ4n) is 5.76. The molecule has 1 aromatic heterocycles. The second-order valence-electron chi connectivity index (χ2n) is 11.1. The van der Waals surface area contributed by atoms with Gasteiger partial charge in [0.25, 0.3) is 0 Å². The second-order valence-corrected chi connectivity index (χ2v) is 11.6. The van der Waals surface area contributed by atoms with Gasteiger partial charge in [0, 0.05) is 55.7 Å². The first-order valence-corrected chi connectivity index (χ1v) is 13.7. The number of nitrogens with zero attached hydrogens (tertiary/aromatic N) is 4. The van der Waals surface area contributed by atoms with Gasteiger partial charge in [0.2, 0.25) is 0 Å². The number of pyridine rings is 1. The maximum Gasteiger partial charge on any atom is 0.322 e. The summed E-state index contributed by atoms with van der Waals surface area (Å²) in [6.45, 7) is 11.9. The van der Waals surface area contributed by atoms with Crippen molar-refractivity contribution in [3.8, 4) is 0 Å². The molecule has 1 spiro atoms. The van der Waals surface area contributed by atoms with E-state index in [9.17, 15) is 4.79 Å². The molecule has 3 aliphatic heterocycles. The van der Waals surface area contributed by atoms with E-state index in [1.165, 1.54) is 44.6 Å². The molecule has 2 aromatic rings. The van der Waals surface area contributed by atoms with Gasteiger partial charge in [-0.15, -0.1) is 0 Å². The highest BCUT2D eigenvalue weighted by Gasteiger charge is 2.43. The summed E-state index contributed by atoms with van der Waals surface area (Å²) in [6, 6.07) is 12.1. The lowest BCUT2D eigenvalue weighted by Crippen LogP contribution is -2.37. The van der Waals surface area contributed by atoms with E-state index >= 15 is 0 Å². The zero-order valence-corrected chi connectivity index (χ0v) is 22.3. The number of hydrogen-bond donors (Lipinski definition) is 1. The maximum absolute atomic E-state index is 12.8. The number of likely N-dealkylation sites (tertiary alicyclic amines) is 1. The summed E-state index contributed by atoms with van der Waals surface area (Å²) in [7, 11) is 0. The minimum Gasteiger partial charge on any atom is -0.371 e. The van der Waals surface area contributed by atoms with E-state index in [2.05, 4.69) is 52.2 Å². The molecule has 7 heteroatoms. The van der Waals surface area contributed by atoms with Gasteiger partial charge in [0.05, 0.1) is 10.7 Å². The number of aromatic nitrogens is 1. The van der Waals surface area contributed by atoms with Crippen LogP contribution >= 0.6 is 11.6 Å². The van der Waals surface area contributed by atoms with Crippen molar-refractivity contribution in [1.82, 2.24) is 14.8 Å². The van der Waals surface area contributed by atoms with E-state index in [0.29, 0.717) is 23.5 Å². The summed E-state index contributed by atoms with van der Waals surface area (Å²) >= 11 is 5.94. The number of nitrogens with one attached hydrogen (secondary N) is 1. The molecule has 2 amide bonds. The predicted octanol–water partition coefficient (Wildman–Crippen LogP) is 6.00. The monoisotopic (exact) mass is 507 g/mol. The van der Waals surface area contributed by atoms with Crippen LogP contribution in [-0.4, -0.2) is 66.6 Å². The van der Waals surface area contributed by atoms with Crippen LogP contribution < -0.4 is 10.2 Å². The highest BCUT2D eigenvalue weighted by atomic mass is 35.5. The van der Waals surface area contributed by atoms with Crippen molar-refractivity contribution in [3.05, 3.63) is 59.4 Å². The molecule has 4 heterocycles. The normalized spacial score (nSPS) is 22.5. The van der Waals surface area contributed by atoms with Crippen LogP contribution in [0.2, 0.25) is 5.02 Å². The van der Waals surface area contributed by atoms with Gasteiger partial charge in [-0.2, -0.15) is 0 Å². The van der Waals surface area contributed by atoms with Gasteiger partial charge < -0.3 is 20.0 Å². The second kappa shape index (κ2) is 10.8. The van der Waals surface area contributed by atoms with Gasteiger partial charge in [-0.25, -0.2) is 4.79 Å². The van der Waals surface area contributed by atoms with E-state index < -0.39 is 0 Å². The molecule has 1 N–H and O–H groups in total. The average molecular weight is 508 g/mol. The summed E-state index contributed by atoms with van der Waals surface area (Å²) in [5, 5.41) is 3.70. The average Bonchev–Trinajstić information content (AvgIpc) is 3.50. The first kappa shape index (κ1) is 25.1. The largest absolute Gasteiger partial charge is 0.371 e. The molecule has 0 radical (unpaired) electrons. The van der Waals surface area contributed by atoms with Crippen LogP contribution in [-0.2, 0) is 0 Å². The van der Waals surface area contributed by atoms with Gasteiger partial charge in [-0.05, 0) is 86.7 Å². The van der Waals surface area contributed by atoms with E-state index in [-0.39, 0.29) is 6.03 Å². The number of rotatable bonds is 6. The zero-order valence-electron chi connectivity index (χ0n) is 21.5. The minimum atomic E-state index is -0.0605. The minimum absolute atomic E-state index is 0.0605. The van der Waals surface area contributed by atoms with Crippen LogP contribution in [0.1, 0.15) is 45.2 Å². The molecule has 1 atom stereocenters. The molecule has 0 bridgehead atoms. The molecule has 6 nitrogen and oxygen atoms in total. The topological polar surface area (TPSA) is 51.7 Å². The number of carbonyl (C=O) groups is 1. The van der Waals surface area contributed by atoms with Crippen molar-refractivity contribution in [2.45, 2.75) is 39.5 Å². The smallest absolute Gasteiger partial charge is 0.322 e. The summed E-state index contributed by atoms with van der Waals surface area (Å²) in [6.07, 6.45) is 8.42. The Hall–Kier alpha value is -2.57. The molecular formula is C29H38ClN5O. The molecule has 5 rings (SSSR count). The molecule has 192 valence electrons. The Morgan fingerprint density at radius 3 is 2.58 bits per heavy atom. The SMILES string of the molecule is CC(C)CCN1CCC2(CCN(c3ccc(NC(=O)N4CC=C(c5ccc(Cl)cn5)CC4)cc3)C2)C1. The van der Waals surface area contributed by atoms with Crippen LogP contribution in [0.3, 0.4) is 0 Å². The summed E-state index contributed by atoms with van der Waals surface area (Å²) in [5.74, 6) is 0.774. The molecule has 0 aliphatic carbocycles.